The Morgan fingerprint density at radius 2 is 1.72 bits per heavy atom. The van der Waals surface area contributed by atoms with Crippen LogP contribution in [-0.2, 0) is 6.42 Å². The molecule has 18 heavy (non-hydrogen) atoms. The van der Waals surface area contributed by atoms with Gasteiger partial charge in [-0.05, 0) is 42.5 Å². The van der Waals surface area contributed by atoms with E-state index in [0.717, 1.165) is 19.5 Å². The van der Waals surface area contributed by atoms with Gasteiger partial charge in [0.05, 0.1) is 0 Å². The Balaban J connectivity index is 2.86. The predicted octanol–water partition coefficient (Wildman–Crippen LogP) is 4.48. The van der Waals surface area contributed by atoms with Gasteiger partial charge in [-0.25, -0.2) is 0 Å². The van der Waals surface area contributed by atoms with Crippen LogP contribution >= 0.6 is 23.2 Å². The normalized spacial score (nSPS) is 11.0. The lowest BCUT2D eigenvalue weighted by molar-refractivity contribution is 0.645. The lowest BCUT2D eigenvalue weighted by Gasteiger charge is -2.24. The fraction of sp³-hybridized carbons (Fsp3) is 0.600. The molecule has 0 fully saturated rings. The maximum atomic E-state index is 5.84. The van der Waals surface area contributed by atoms with Gasteiger partial charge in [0.1, 0.15) is 0 Å². The molecular weight excluding hydrogens is 265 g/mol. The average Bonchev–Trinajstić information content (AvgIpc) is 2.31. The number of nitrogens with zero attached hydrogens (tertiary/aromatic N) is 1. The summed E-state index contributed by atoms with van der Waals surface area (Å²) in [7, 11) is 0. The van der Waals surface area contributed by atoms with E-state index in [-0.39, 0.29) is 0 Å². The van der Waals surface area contributed by atoms with Crippen LogP contribution in [0, 0.1) is 12.8 Å². The third-order valence-electron chi connectivity index (χ3n) is 3.03. The Kier molecular flexibility index (Phi) is 6.88. The van der Waals surface area contributed by atoms with Crippen LogP contribution < -0.4 is 4.90 Å². The van der Waals surface area contributed by atoms with Crippen LogP contribution in [0.3, 0.4) is 0 Å². The molecule has 1 rings (SSSR count). The van der Waals surface area contributed by atoms with Gasteiger partial charge in [0.15, 0.2) is 0 Å². The molecule has 0 amide bonds. The lowest BCUT2D eigenvalue weighted by Crippen LogP contribution is -2.27. The maximum absolute atomic E-state index is 5.84. The van der Waals surface area contributed by atoms with Crippen LogP contribution in [0.2, 0.25) is 0 Å². The van der Waals surface area contributed by atoms with Crippen LogP contribution in [0.4, 0.5) is 5.69 Å². The van der Waals surface area contributed by atoms with Crippen molar-refractivity contribution in [2.75, 3.05) is 29.7 Å². The molecule has 0 saturated carbocycles. The molecule has 0 spiro atoms. The predicted molar refractivity (Wildman–Crippen MR) is 83.4 cm³/mol. The first-order valence-corrected chi connectivity index (χ1v) is 7.61. The molecule has 0 atom stereocenters. The average molecular weight is 288 g/mol. The summed E-state index contributed by atoms with van der Waals surface area (Å²) in [5.74, 6) is 1.95. The minimum absolute atomic E-state index is 0.629. The standard InChI is InChI=1S/C15H23Cl2N/c1-12(2)10-14-4-5-15(11-13(14)3)18(8-6-16)9-7-17/h4-5,11-12H,6-10H2,1-3H3. The molecule has 1 nitrogen and oxygen atoms in total. The summed E-state index contributed by atoms with van der Waals surface area (Å²) in [5, 5.41) is 0. The van der Waals surface area contributed by atoms with Gasteiger partial charge in [0.25, 0.3) is 0 Å². The summed E-state index contributed by atoms with van der Waals surface area (Å²) < 4.78 is 0. The number of halogens is 2. The molecule has 0 aliphatic rings. The van der Waals surface area contributed by atoms with E-state index in [1.807, 2.05) is 0 Å². The second-order valence-corrected chi connectivity index (χ2v) is 5.83. The summed E-state index contributed by atoms with van der Waals surface area (Å²) in [5.41, 5.74) is 4.02. The number of anilines is 1. The van der Waals surface area contributed by atoms with Gasteiger partial charge in [-0.2, -0.15) is 0 Å². The quantitative estimate of drug-likeness (QED) is 0.669. The van der Waals surface area contributed by atoms with Gasteiger partial charge < -0.3 is 4.90 Å². The molecule has 1 aromatic carbocycles. The van der Waals surface area contributed by atoms with Crippen LogP contribution in [0.25, 0.3) is 0 Å². The van der Waals surface area contributed by atoms with Crippen molar-refractivity contribution in [3.05, 3.63) is 29.3 Å². The van der Waals surface area contributed by atoms with Crippen molar-refractivity contribution >= 4 is 28.9 Å². The minimum Gasteiger partial charge on any atom is -0.369 e. The van der Waals surface area contributed by atoms with Crippen molar-refractivity contribution in [1.29, 1.82) is 0 Å². The van der Waals surface area contributed by atoms with E-state index >= 15 is 0 Å². The van der Waals surface area contributed by atoms with Crippen molar-refractivity contribution in [1.82, 2.24) is 0 Å². The molecule has 102 valence electrons. The summed E-state index contributed by atoms with van der Waals surface area (Å²) in [4.78, 5) is 2.24. The van der Waals surface area contributed by atoms with E-state index in [0.29, 0.717) is 17.7 Å². The molecule has 0 aromatic heterocycles. The molecule has 1 aromatic rings. The van der Waals surface area contributed by atoms with Gasteiger partial charge in [-0.1, -0.05) is 19.9 Å². The monoisotopic (exact) mass is 287 g/mol. The zero-order valence-corrected chi connectivity index (χ0v) is 13.1. The summed E-state index contributed by atoms with van der Waals surface area (Å²) in [6.07, 6.45) is 1.14. The Morgan fingerprint density at radius 3 is 2.17 bits per heavy atom. The van der Waals surface area contributed by atoms with Gasteiger partial charge in [-0.15, -0.1) is 23.2 Å². The van der Waals surface area contributed by atoms with E-state index in [4.69, 9.17) is 23.2 Å². The number of hydrogen-bond acceptors (Lipinski definition) is 1. The van der Waals surface area contributed by atoms with Gasteiger partial charge >= 0.3 is 0 Å². The van der Waals surface area contributed by atoms with E-state index in [2.05, 4.69) is 43.9 Å². The number of alkyl halides is 2. The van der Waals surface area contributed by atoms with Crippen molar-refractivity contribution in [3.63, 3.8) is 0 Å². The largest absolute Gasteiger partial charge is 0.369 e. The van der Waals surface area contributed by atoms with E-state index in [1.165, 1.54) is 16.8 Å². The summed E-state index contributed by atoms with van der Waals surface area (Å²) in [6, 6.07) is 6.67. The smallest absolute Gasteiger partial charge is 0.0399 e. The van der Waals surface area contributed by atoms with Gasteiger partial charge in [0, 0.05) is 30.5 Å². The fourth-order valence-corrected chi connectivity index (χ4v) is 2.53. The summed E-state index contributed by atoms with van der Waals surface area (Å²) in [6.45, 7) is 8.37. The molecule has 0 bridgehead atoms. The zero-order valence-electron chi connectivity index (χ0n) is 11.5. The van der Waals surface area contributed by atoms with Crippen LogP contribution in [0.1, 0.15) is 25.0 Å². The Morgan fingerprint density at radius 1 is 1.11 bits per heavy atom. The maximum Gasteiger partial charge on any atom is 0.0399 e. The lowest BCUT2D eigenvalue weighted by atomic mass is 9.98. The summed E-state index contributed by atoms with van der Waals surface area (Å²) >= 11 is 11.7. The SMILES string of the molecule is Cc1cc(N(CCCl)CCCl)ccc1CC(C)C. The molecule has 0 aliphatic carbocycles. The highest BCUT2D eigenvalue weighted by molar-refractivity contribution is 6.18. The number of benzene rings is 1. The van der Waals surface area contributed by atoms with Gasteiger partial charge in [-0.3, -0.25) is 0 Å². The molecule has 0 unspecified atom stereocenters. The second kappa shape index (κ2) is 7.91. The first-order chi connectivity index (χ1) is 8.58. The Labute approximate surface area is 121 Å². The number of hydrogen-bond donors (Lipinski definition) is 0. The molecule has 0 heterocycles. The highest BCUT2D eigenvalue weighted by Crippen LogP contribution is 2.21. The van der Waals surface area contributed by atoms with Crippen molar-refractivity contribution in [3.8, 4) is 0 Å². The second-order valence-electron chi connectivity index (χ2n) is 5.07. The van der Waals surface area contributed by atoms with Crippen molar-refractivity contribution in [2.24, 2.45) is 5.92 Å². The highest BCUT2D eigenvalue weighted by Gasteiger charge is 2.08. The molecule has 3 heteroatoms. The fourth-order valence-electron chi connectivity index (χ4n) is 2.12. The first-order valence-electron chi connectivity index (χ1n) is 6.55. The van der Waals surface area contributed by atoms with Crippen LogP contribution in [-0.4, -0.2) is 24.8 Å². The molecular formula is C15H23Cl2N. The zero-order chi connectivity index (χ0) is 13.5. The molecule has 0 aliphatic heterocycles. The highest BCUT2D eigenvalue weighted by atomic mass is 35.5. The molecule has 0 radical (unpaired) electrons. The third kappa shape index (κ3) is 4.70. The Bertz CT molecular complexity index is 358. The van der Waals surface area contributed by atoms with Crippen LogP contribution in [0.5, 0.6) is 0 Å². The van der Waals surface area contributed by atoms with Gasteiger partial charge in [0.2, 0.25) is 0 Å². The van der Waals surface area contributed by atoms with E-state index < -0.39 is 0 Å². The number of aryl methyl sites for hydroxylation is 1. The molecule has 0 saturated heterocycles. The van der Waals surface area contributed by atoms with Crippen LogP contribution in [0.15, 0.2) is 18.2 Å². The molecule has 0 N–H and O–H groups in total. The number of rotatable bonds is 7. The van der Waals surface area contributed by atoms with Crippen molar-refractivity contribution < 1.29 is 0 Å². The van der Waals surface area contributed by atoms with E-state index in [9.17, 15) is 0 Å². The first kappa shape index (κ1) is 15.7. The van der Waals surface area contributed by atoms with E-state index in [1.54, 1.807) is 0 Å². The minimum atomic E-state index is 0.629. The topological polar surface area (TPSA) is 3.24 Å². The third-order valence-corrected chi connectivity index (χ3v) is 3.37. The Hall–Kier alpha value is -0.400. The van der Waals surface area contributed by atoms with Crippen molar-refractivity contribution in [2.45, 2.75) is 27.2 Å².